The van der Waals surface area contributed by atoms with Crippen LogP contribution in [-0.4, -0.2) is 25.3 Å². The molecule has 5 heteroatoms. The first-order valence-corrected chi connectivity index (χ1v) is 8.62. The van der Waals surface area contributed by atoms with Crippen LogP contribution >= 0.6 is 23.2 Å². The molecule has 1 heterocycles. The van der Waals surface area contributed by atoms with E-state index in [1.165, 1.54) is 16.5 Å². The van der Waals surface area contributed by atoms with Crippen LogP contribution in [0.2, 0.25) is 10.0 Å². The Morgan fingerprint density at radius 2 is 1.92 bits per heavy atom. The van der Waals surface area contributed by atoms with Gasteiger partial charge in [-0.05, 0) is 61.5 Å². The minimum absolute atomic E-state index is 0.653. The van der Waals surface area contributed by atoms with Gasteiger partial charge in [0.1, 0.15) is 5.75 Å². The first-order valence-electron chi connectivity index (χ1n) is 7.86. The Labute approximate surface area is 152 Å². The second-order valence-electron chi connectivity index (χ2n) is 5.75. The molecule has 3 aromatic rings. The lowest BCUT2D eigenvalue weighted by Gasteiger charge is -2.08. The van der Waals surface area contributed by atoms with E-state index in [0.717, 1.165) is 24.3 Å². The van der Waals surface area contributed by atoms with Crippen LogP contribution in [0, 0.1) is 0 Å². The van der Waals surface area contributed by atoms with Gasteiger partial charge in [0.2, 0.25) is 0 Å². The van der Waals surface area contributed by atoms with Crippen molar-refractivity contribution >= 4 is 34.1 Å². The fraction of sp³-hybridized carbons (Fsp3) is 0.263. The summed E-state index contributed by atoms with van der Waals surface area (Å²) < 4.78 is 7.61. The van der Waals surface area contributed by atoms with E-state index in [9.17, 15) is 0 Å². The summed E-state index contributed by atoms with van der Waals surface area (Å²) in [7, 11) is 3.66. The van der Waals surface area contributed by atoms with Gasteiger partial charge in [-0.15, -0.1) is 0 Å². The maximum atomic E-state index is 6.34. The molecule has 1 aromatic heterocycles. The molecule has 0 saturated heterocycles. The summed E-state index contributed by atoms with van der Waals surface area (Å²) in [6.07, 6.45) is 3.16. The molecule has 0 unspecified atom stereocenters. The van der Waals surface area contributed by atoms with Crippen LogP contribution in [0.25, 0.3) is 10.9 Å². The summed E-state index contributed by atoms with van der Waals surface area (Å²) in [4.78, 5) is 0. The van der Waals surface area contributed by atoms with Gasteiger partial charge in [-0.3, -0.25) is 0 Å². The first kappa shape index (κ1) is 17.2. The van der Waals surface area contributed by atoms with Gasteiger partial charge >= 0.3 is 0 Å². The highest BCUT2D eigenvalue weighted by Gasteiger charge is 2.11. The van der Waals surface area contributed by atoms with Gasteiger partial charge in [0.15, 0.2) is 0 Å². The van der Waals surface area contributed by atoms with Crippen molar-refractivity contribution in [3.05, 3.63) is 63.8 Å². The molecular weight excluding hydrogens is 343 g/mol. The quantitative estimate of drug-likeness (QED) is 0.683. The molecule has 126 valence electrons. The number of halogens is 2. The van der Waals surface area contributed by atoms with Crippen LogP contribution in [-0.2, 0) is 13.0 Å². The second kappa shape index (κ2) is 7.47. The number of hydrogen-bond donors (Lipinski definition) is 1. The fourth-order valence-corrected chi connectivity index (χ4v) is 3.37. The monoisotopic (exact) mass is 362 g/mol. The summed E-state index contributed by atoms with van der Waals surface area (Å²) in [5.74, 6) is 0.871. The molecule has 24 heavy (non-hydrogen) atoms. The smallest absolute Gasteiger partial charge is 0.119 e. The topological polar surface area (TPSA) is 26.2 Å². The van der Waals surface area contributed by atoms with E-state index in [1.54, 1.807) is 13.2 Å². The molecule has 0 atom stereocenters. The second-order valence-corrected chi connectivity index (χ2v) is 6.60. The number of methoxy groups -OCH3 is 1. The number of likely N-dealkylation sites (N-methyl/N-ethyl adjacent to an activating group) is 1. The predicted octanol–water partition coefficient (Wildman–Crippen LogP) is 4.77. The van der Waals surface area contributed by atoms with Crippen molar-refractivity contribution in [1.82, 2.24) is 9.88 Å². The Morgan fingerprint density at radius 3 is 2.62 bits per heavy atom. The summed E-state index contributed by atoms with van der Waals surface area (Å²) in [5.41, 5.74) is 3.52. The molecular formula is C19H20Cl2N2O. The zero-order chi connectivity index (χ0) is 17.1. The number of nitrogens with one attached hydrogen (secondary N) is 1. The van der Waals surface area contributed by atoms with Gasteiger partial charge in [-0.1, -0.05) is 29.3 Å². The Morgan fingerprint density at radius 1 is 1.08 bits per heavy atom. The van der Waals surface area contributed by atoms with Crippen LogP contribution in [0.15, 0.2) is 42.6 Å². The van der Waals surface area contributed by atoms with Crippen molar-refractivity contribution in [3.63, 3.8) is 0 Å². The van der Waals surface area contributed by atoms with Gasteiger partial charge in [-0.2, -0.15) is 0 Å². The van der Waals surface area contributed by atoms with Crippen LogP contribution in [0.3, 0.4) is 0 Å². The van der Waals surface area contributed by atoms with Crippen molar-refractivity contribution in [2.45, 2.75) is 13.0 Å². The van der Waals surface area contributed by atoms with E-state index < -0.39 is 0 Å². The number of hydrogen-bond acceptors (Lipinski definition) is 2. The minimum Gasteiger partial charge on any atom is -0.497 e. The van der Waals surface area contributed by atoms with Crippen molar-refractivity contribution < 1.29 is 4.74 Å². The van der Waals surface area contributed by atoms with Crippen LogP contribution < -0.4 is 10.1 Å². The number of benzene rings is 2. The van der Waals surface area contributed by atoms with Crippen molar-refractivity contribution in [1.29, 1.82) is 0 Å². The largest absolute Gasteiger partial charge is 0.497 e. The molecule has 0 fully saturated rings. The molecule has 0 aliphatic carbocycles. The normalized spacial score (nSPS) is 11.2. The van der Waals surface area contributed by atoms with Gasteiger partial charge < -0.3 is 14.6 Å². The van der Waals surface area contributed by atoms with Crippen molar-refractivity contribution in [3.8, 4) is 5.75 Å². The third-order valence-corrected chi connectivity index (χ3v) is 4.76. The molecule has 3 nitrogen and oxygen atoms in total. The van der Waals surface area contributed by atoms with E-state index in [0.29, 0.717) is 16.6 Å². The third-order valence-electron chi connectivity index (χ3n) is 4.17. The Hall–Kier alpha value is -1.68. The van der Waals surface area contributed by atoms with E-state index in [2.05, 4.69) is 28.2 Å². The average molecular weight is 363 g/mol. The number of aromatic nitrogens is 1. The van der Waals surface area contributed by atoms with Gasteiger partial charge in [0.25, 0.3) is 0 Å². The fourth-order valence-electron chi connectivity index (χ4n) is 2.90. The van der Waals surface area contributed by atoms with Gasteiger partial charge in [0.05, 0.1) is 7.11 Å². The van der Waals surface area contributed by atoms with Gasteiger partial charge in [-0.25, -0.2) is 0 Å². The van der Waals surface area contributed by atoms with E-state index >= 15 is 0 Å². The molecule has 3 rings (SSSR count). The summed E-state index contributed by atoms with van der Waals surface area (Å²) in [6.45, 7) is 1.64. The zero-order valence-electron chi connectivity index (χ0n) is 13.8. The molecule has 2 aromatic carbocycles. The highest BCUT2D eigenvalue weighted by atomic mass is 35.5. The maximum Gasteiger partial charge on any atom is 0.119 e. The Kier molecular flexibility index (Phi) is 5.34. The molecule has 0 saturated carbocycles. The predicted molar refractivity (Wildman–Crippen MR) is 102 cm³/mol. The maximum absolute atomic E-state index is 6.34. The number of rotatable bonds is 6. The molecule has 1 N–H and O–H groups in total. The third kappa shape index (κ3) is 3.54. The molecule has 0 bridgehead atoms. The number of ether oxygens (including phenoxy) is 1. The molecule has 0 spiro atoms. The van der Waals surface area contributed by atoms with Gasteiger partial charge in [0, 0.05) is 33.7 Å². The standard InChI is InChI=1S/C19H20Cl2N2O/c1-22-8-7-13-11-23(12-14-3-4-15(20)9-18(14)21)19-6-5-16(24-2)10-17(13)19/h3-6,9-11,22H,7-8,12H2,1-2H3. The SMILES string of the molecule is CNCCc1cn(Cc2ccc(Cl)cc2Cl)c2ccc(OC)cc12. The van der Waals surface area contributed by atoms with E-state index in [1.807, 2.05) is 25.2 Å². The van der Waals surface area contributed by atoms with Crippen LogP contribution in [0.1, 0.15) is 11.1 Å². The molecule has 0 aliphatic rings. The minimum atomic E-state index is 0.653. The Balaban J connectivity index is 2.03. The zero-order valence-corrected chi connectivity index (χ0v) is 15.3. The molecule has 0 radical (unpaired) electrons. The van der Waals surface area contributed by atoms with Crippen molar-refractivity contribution in [2.75, 3.05) is 20.7 Å². The number of nitrogens with zero attached hydrogens (tertiary/aromatic N) is 1. The lowest BCUT2D eigenvalue weighted by Crippen LogP contribution is -2.10. The average Bonchev–Trinajstić information content (AvgIpc) is 2.92. The molecule has 0 aliphatic heterocycles. The molecule has 0 amide bonds. The van der Waals surface area contributed by atoms with E-state index in [-0.39, 0.29) is 0 Å². The number of fused-ring (bicyclic) bond motifs is 1. The lowest BCUT2D eigenvalue weighted by atomic mass is 10.1. The van der Waals surface area contributed by atoms with Crippen molar-refractivity contribution in [2.24, 2.45) is 0 Å². The lowest BCUT2D eigenvalue weighted by molar-refractivity contribution is 0.415. The van der Waals surface area contributed by atoms with E-state index in [4.69, 9.17) is 27.9 Å². The van der Waals surface area contributed by atoms with Crippen LogP contribution in [0.5, 0.6) is 5.75 Å². The summed E-state index contributed by atoms with van der Waals surface area (Å²) in [6, 6.07) is 11.8. The first-order chi connectivity index (χ1) is 11.6. The highest BCUT2D eigenvalue weighted by molar-refractivity contribution is 6.35. The van der Waals surface area contributed by atoms with Crippen LogP contribution in [0.4, 0.5) is 0 Å². The summed E-state index contributed by atoms with van der Waals surface area (Å²) >= 11 is 12.3. The summed E-state index contributed by atoms with van der Waals surface area (Å²) in [5, 5.41) is 5.77. The Bertz CT molecular complexity index is 858. The highest BCUT2D eigenvalue weighted by Crippen LogP contribution is 2.29.